The Kier molecular flexibility index (Phi) is 4.13. The zero-order valence-corrected chi connectivity index (χ0v) is 13.1. The summed E-state index contributed by atoms with van der Waals surface area (Å²) in [6.07, 6.45) is 1.25. The van der Waals surface area contributed by atoms with Crippen LogP contribution in [0, 0.1) is 0 Å². The van der Waals surface area contributed by atoms with E-state index in [1.807, 2.05) is 34.7 Å². The van der Waals surface area contributed by atoms with Gasteiger partial charge in [-0.3, -0.25) is 9.69 Å². The molecule has 1 aromatic heterocycles. The van der Waals surface area contributed by atoms with Crippen LogP contribution in [0.4, 0.5) is 0 Å². The van der Waals surface area contributed by atoms with Gasteiger partial charge >= 0.3 is 0 Å². The molecule has 1 N–H and O–H groups in total. The van der Waals surface area contributed by atoms with E-state index in [0.717, 1.165) is 42.8 Å². The van der Waals surface area contributed by atoms with Crippen molar-refractivity contribution in [1.29, 1.82) is 0 Å². The van der Waals surface area contributed by atoms with Gasteiger partial charge in [-0.25, -0.2) is 4.98 Å². The minimum absolute atomic E-state index is 0.126. The largest absolute Gasteiger partial charge is 0.387 e. The first kappa shape index (κ1) is 15.0. The number of fused-ring (bicyclic) bond motifs is 1. The highest BCUT2D eigenvalue weighted by atomic mass is 16.3. The Bertz CT molecular complexity index is 674. The number of rotatable bonds is 3. The molecule has 118 valence electrons. The second-order valence-corrected chi connectivity index (χ2v) is 5.93. The van der Waals surface area contributed by atoms with E-state index in [2.05, 4.69) is 9.88 Å². The molecule has 1 fully saturated rings. The SMILES string of the molecule is CC(=O)N1CCN(CC(O)c2ccc3c(c2)ncn3C)CC1. The lowest BCUT2D eigenvalue weighted by Gasteiger charge is -2.35. The maximum Gasteiger partial charge on any atom is 0.219 e. The lowest BCUT2D eigenvalue weighted by atomic mass is 10.1. The predicted molar refractivity (Wildman–Crippen MR) is 84.4 cm³/mol. The summed E-state index contributed by atoms with van der Waals surface area (Å²) in [5.74, 6) is 0.126. The summed E-state index contributed by atoms with van der Waals surface area (Å²) in [5.41, 5.74) is 2.85. The molecule has 0 aliphatic carbocycles. The minimum atomic E-state index is -0.532. The number of amides is 1. The molecule has 2 aromatic rings. The second kappa shape index (κ2) is 6.06. The molecule has 0 bridgehead atoms. The van der Waals surface area contributed by atoms with E-state index in [-0.39, 0.29) is 5.91 Å². The molecule has 6 heteroatoms. The highest BCUT2D eigenvalue weighted by Crippen LogP contribution is 2.20. The summed E-state index contributed by atoms with van der Waals surface area (Å²) in [6.45, 7) is 5.28. The molecule has 6 nitrogen and oxygen atoms in total. The molecule has 1 aliphatic rings. The molecule has 1 saturated heterocycles. The van der Waals surface area contributed by atoms with Gasteiger partial charge in [0.2, 0.25) is 5.91 Å². The minimum Gasteiger partial charge on any atom is -0.387 e. The number of aryl methyl sites for hydroxylation is 1. The van der Waals surface area contributed by atoms with Crippen molar-refractivity contribution in [3.05, 3.63) is 30.1 Å². The Morgan fingerprint density at radius 3 is 2.73 bits per heavy atom. The van der Waals surface area contributed by atoms with Crippen LogP contribution in [0.5, 0.6) is 0 Å². The fourth-order valence-corrected chi connectivity index (χ4v) is 2.96. The van der Waals surface area contributed by atoms with Crippen molar-refractivity contribution in [2.24, 2.45) is 7.05 Å². The Labute approximate surface area is 130 Å². The summed E-state index contributed by atoms with van der Waals surface area (Å²) < 4.78 is 1.96. The van der Waals surface area contributed by atoms with Gasteiger partial charge in [0.05, 0.1) is 23.5 Å². The lowest BCUT2D eigenvalue weighted by molar-refractivity contribution is -0.130. The molecule has 2 heterocycles. The number of hydrogen-bond acceptors (Lipinski definition) is 4. The quantitative estimate of drug-likeness (QED) is 0.910. The van der Waals surface area contributed by atoms with Crippen LogP contribution < -0.4 is 0 Å². The molecule has 1 atom stereocenters. The molecule has 22 heavy (non-hydrogen) atoms. The zero-order valence-electron chi connectivity index (χ0n) is 13.1. The van der Waals surface area contributed by atoms with Gasteiger partial charge in [-0.2, -0.15) is 0 Å². The van der Waals surface area contributed by atoms with Gasteiger partial charge in [0.15, 0.2) is 0 Å². The summed E-state index contributed by atoms with van der Waals surface area (Å²) in [4.78, 5) is 19.7. The van der Waals surface area contributed by atoms with Crippen LogP contribution in [0.3, 0.4) is 0 Å². The Morgan fingerprint density at radius 1 is 1.32 bits per heavy atom. The van der Waals surface area contributed by atoms with E-state index >= 15 is 0 Å². The molecule has 3 rings (SSSR count). The van der Waals surface area contributed by atoms with Gasteiger partial charge in [-0.15, -0.1) is 0 Å². The number of β-amino-alcohol motifs (C(OH)–C–C–N with tert-alkyl or cyclic N) is 1. The number of imidazole rings is 1. The highest BCUT2D eigenvalue weighted by Gasteiger charge is 2.21. The number of aliphatic hydroxyl groups is 1. The van der Waals surface area contributed by atoms with Crippen molar-refractivity contribution in [2.75, 3.05) is 32.7 Å². The first-order valence-electron chi connectivity index (χ1n) is 7.61. The normalized spacial score (nSPS) is 17.9. The van der Waals surface area contributed by atoms with Gasteiger partial charge in [0.1, 0.15) is 0 Å². The van der Waals surface area contributed by atoms with E-state index in [4.69, 9.17) is 0 Å². The maximum absolute atomic E-state index is 11.3. The first-order chi connectivity index (χ1) is 10.5. The third-order valence-electron chi connectivity index (χ3n) is 4.38. The van der Waals surface area contributed by atoms with E-state index in [1.165, 1.54) is 0 Å². The number of piperazine rings is 1. The third-order valence-corrected chi connectivity index (χ3v) is 4.38. The van der Waals surface area contributed by atoms with Crippen molar-refractivity contribution in [3.63, 3.8) is 0 Å². The average Bonchev–Trinajstić information content (AvgIpc) is 2.88. The fourth-order valence-electron chi connectivity index (χ4n) is 2.96. The molecule has 0 saturated carbocycles. The van der Waals surface area contributed by atoms with Crippen LogP contribution in [0.15, 0.2) is 24.5 Å². The Balaban J connectivity index is 1.63. The molecule has 1 aromatic carbocycles. The first-order valence-corrected chi connectivity index (χ1v) is 7.61. The van der Waals surface area contributed by atoms with Crippen LogP contribution in [0.2, 0.25) is 0 Å². The van der Waals surface area contributed by atoms with E-state index in [9.17, 15) is 9.90 Å². The topological polar surface area (TPSA) is 61.6 Å². The Morgan fingerprint density at radius 2 is 2.05 bits per heavy atom. The number of aromatic nitrogens is 2. The van der Waals surface area contributed by atoms with Crippen molar-refractivity contribution in [2.45, 2.75) is 13.0 Å². The fraction of sp³-hybridized carbons (Fsp3) is 0.500. The van der Waals surface area contributed by atoms with Crippen molar-refractivity contribution in [1.82, 2.24) is 19.4 Å². The van der Waals surface area contributed by atoms with Gasteiger partial charge in [-0.1, -0.05) is 6.07 Å². The second-order valence-electron chi connectivity index (χ2n) is 5.93. The van der Waals surface area contributed by atoms with Gasteiger partial charge in [-0.05, 0) is 17.7 Å². The third kappa shape index (κ3) is 2.98. The summed E-state index contributed by atoms with van der Waals surface area (Å²) in [5, 5.41) is 10.5. The van der Waals surface area contributed by atoms with Gasteiger partial charge in [0.25, 0.3) is 0 Å². The number of hydrogen-bond donors (Lipinski definition) is 1. The van der Waals surface area contributed by atoms with Crippen LogP contribution >= 0.6 is 0 Å². The molecule has 1 amide bonds. The number of nitrogens with zero attached hydrogens (tertiary/aromatic N) is 4. The number of carbonyl (C=O) groups excluding carboxylic acids is 1. The van der Waals surface area contributed by atoms with Crippen molar-refractivity contribution >= 4 is 16.9 Å². The molecule has 0 spiro atoms. The Hall–Kier alpha value is -1.92. The molecular formula is C16H22N4O2. The molecule has 0 radical (unpaired) electrons. The number of benzene rings is 1. The van der Waals surface area contributed by atoms with Crippen LogP contribution in [0.25, 0.3) is 11.0 Å². The van der Waals surface area contributed by atoms with Crippen LogP contribution in [0.1, 0.15) is 18.6 Å². The van der Waals surface area contributed by atoms with Crippen LogP contribution in [-0.2, 0) is 11.8 Å². The smallest absolute Gasteiger partial charge is 0.219 e. The van der Waals surface area contributed by atoms with E-state index in [0.29, 0.717) is 6.54 Å². The van der Waals surface area contributed by atoms with Crippen molar-refractivity contribution < 1.29 is 9.90 Å². The predicted octanol–water partition coefficient (Wildman–Crippen LogP) is 0.771. The maximum atomic E-state index is 11.3. The number of carbonyl (C=O) groups is 1. The van der Waals surface area contributed by atoms with E-state index in [1.54, 1.807) is 13.3 Å². The number of aliphatic hydroxyl groups excluding tert-OH is 1. The monoisotopic (exact) mass is 302 g/mol. The zero-order chi connectivity index (χ0) is 15.7. The van der Waals surface area contributed by atoms with Crippen molar-refractivity contribution in [3.8, 4) is 0 Å². The summed E-state index contributed by atoms with van der Waals surface area (Å²) >= 11 is 0. The van der Waals surface area contributed by atoms with Crippen LogP contribution in [-0.4, -0.2) is 63.1 Å². The van der Waals surface area contributed by atoms with Gasteiger partial charge in [0, 0.05) is 46.7 Å². The molecule has 1 aliphatic heterocycles. The highest BCUT2D eigenvalue weighted by molar-refractivity contribution is 5.76. The summed E-state index contributed by atoms with van der Waals surface area (Å²) in [6, 6.07) is 5.90. The van der Waals surface area contributed by atoms with Gasteiger partial charge < -0.3 is 14.6 Å². The van der Waals surface area contributed by atoms with E-state index < -0.39 is 6.10 Å². The standard InChI is InChI=1S/C16H22N4O2/c1-12(21)20-7-5-19(6-8-20)10-16(22)13-3-4-15-14(9-13)17-11-18(15)2/h3-4,9,11,16,22H,5-8,10H2,1-2H3. The average molecular weight is 302 g/mol. The molecule has 1 unspecified atom stereocenters. The molecular weight excluding hydrogens is 280 g/mol. The summed E-state index contributed by atoms with van der Waals surface area (Å²) in [7, 11) is 1.96. The lowest BCUT2D eigenvalue weighted by Crippen LogP contribution is -2.48.